The Hall–Kier alpha value is -1.88. The molecule has 0 radical (unpaired) electrons. The van der Waals surface area contributed by atoms with Crippen LogP contribution < -0.4 is 10.6 Å². The first-order valence-electron chi connectivity index (χ1n) is 6.60. The molecule has 0 fully saturated rings. The molecule has 3 nitrogen and oxygen atoms in total. The second kappa shape index (κ2) is 7.22. The summed E-state index contributed by atoms with van der Waals surface area (Å²) in [5.74, 6) is -0.249. The number of nitrogens with one attached hydrogen (secondary N) is 2. The summed E-state index contributed by atoms with van der Waals surface area (Å²) in [6.45, 7) is 2.35. The molecule has 0 bridgehead atoms. The highest BCUT2D eigenvalue weighted by Gasteiger charge is 2.06. The quantitative estimate of drug-likeness (QED) is 0.849. The van der Waals surface area contributed by atoms with Crippen LogP contribution in [0, 0.1) is 12.7 Å². The van der Waals surface area contributed by atoms with Crippen molar-refractivity contribution >= 4 is 27.6 Å². The largest absolute Gasteiger partial charge is 0.338 e. The number of amides is 2. The van der Waals surface area contributed by atoms with Gasteiger partial charge in [0.25, 0.3) is 0 Å². The number of halogens is 2. The van der Waals surface area contributed by atoms with Gasteiger partial charge in [0.05, 0.1) is 5.69 Å². The third-order valence-corrected chi connectivity index (χ3v) is 3.67. The molecule has 5 heteroatoms. The van der Waals surface area contributed by atoms with E-state index in [9.17, 15) is 9.18 Å². The molecule has 2 N–H and O–H groups in total. The molecule has 2 aromatic carbocycles. The van der Waals surface area contributed by atoms with Gasteiger partial charge in [0, 0.05) is 11.0 Å². The fourth-order valence-corrected chi connectivity index (χ4v) is 2.49. The predicted octanol–water partition coefficient (Wildman–Crippen LogP) is 4.26. The van der Waals surface area contributed by atoms with Crippen LogP contribution in [0.2, 0.25) is 0 Å². The molecule has 2 aromatic rings. The number of hydrogen-bond donors (Lipinski definition) is 2. The van der Waals surface area contributed by atoms with E-state index in [2.05, 4.69) is 26.6 Å². The zero-order valence-electron chi connectivity index (χ0n) is 11.6. The lowest BCUT2D eigenvalue weighted by atomic mass is 10.1. The molecule has 0 aliphatic rings. The first-order chi connectivity index (χ1) is 10.1. The van der Waals surface area contributed by atoms with E-state index in [-0.39, 0.29) is 11.8 Å². The third-order valence-electron chi connectivity index (χ3n) is 3.01. The second-order valence-corrected chi connectivity index (χ2v) is 5.56. The number of rotatable bonds is 4. The Morgan fingerprint density at radius 3 is 2.71 bits per heavy atom. The summed E-state index contributed by atoms with van der Waals surface area (Å²) in [5, 5.41) is 5.46. The van der Waals surface area contributed by atoms with Crippen molar-refractivity contribution in [1.29, 1.82) is 0 Å². The predicted molar refractivity (Wildman–Crippen MR) is 86.0 cm³/mol. The van der Waals surface area contributed by atoms with Gasteiger partial charge in [-0.1, -0.05) is 24.3 Å². The lowest BCUT2D eigenvalue weighted by Crippen LogP contribution is -2.30. The number of aryl methyl sites for hydroxylation is 1. The summed E-state index contributed by atoms with van der Waals surface area (Å²) in [7, 11) is 0. The van der Waals surface area contributed by atoms with Gasteiger partial charge in [-0.3, -0.25) is 0 Å². The van der Waals surface area contributed by atoms with Gasteiger partial charge in [0.15, 0.2) is 0 Å². The topological polar surface area (TPSA) is 41.1 Å². The van der Waals surface area contributed by atoms with Gasteiger partial charge in [-0.2, -0.15) is 0 Å². The van der Waals surface area contributed by atoms with Crippen LogP contribution in [0.3, 0.4) is 0 Å². The molecule has 0 unspecified atom stereocenters. The Kier molecular flexibility index (Phi) is 5.33. The Balaban J connectivity index is 1.84. The molecule has 21 heavy (non-hydrogen) atoms. The average molecular weight is 351 g/mol. The highest BCUT2D eigenvalue weighted by Crippen LogP contribution is 2.23. The minimum Gasteiger partial charge on any atom is -0.338 e. The number of benzene rings is 2. The van der Waals surface area contributed by atoms with Crippen molar-refractivity contribution in [3.8, 4) is 0 Å². The van der Waals surface area contributed by atoms with Crippen LogP contribution in [0.5, 0.6) is 0 Å². The highest BCUT2D eigenvalue weighted by atomic mass is 79.9. The summed E-state index contributed by atoms with van der Waals surface area (Å²) >= 11 is 3.40. The summed E-state index contributed by atoms with van der Waals surface area (Å²) in [4.78, 5) is 11.8. The molecular formula is C16H16BrFN2O. The lowest BCUT2D eigenvalue weighted by molar-refractivity contribution is 0.252. The molecule has 0 saturated heterocycles. The van der Waals surface area contributed by atoms with Gasteiger partial charge in [0.1, 0.15) is 5.82 Å². The smallest absolute Gasteiger partial charge is 0.319 e. The highest BCUT2D eigenvalue weighted by molar-refractivity contribution is 9.10. The van der Waals surface area contributed by atoms with Gasteiger partial charge in [0.2, 0.25) is 0 Å². The number of anilines is 1. The summed E-state index contributed by atoms with van der Waals surface area (Å²) in [5.41, 5.74) is 2.39. The SMILES string of the molecule is Cc1ccc(NC(=O)NCCc2ccccc2F)c(Br)c1. The molecule has 2 amide bonds. The van der Waals surface area contributed by atoms with Crippen molar-refractivity contribution in [1.82, 2.24) is 5.32 Å². The van der Waals surface area contributed by atoms with Crippen molar-refractivity contribution in [2.75, 3.05) is 11.9 Å². The number of hydrogen-bond acceptors (Lipinski definition) is 1. The van der Waals surface area contributed by atoms with Gasteiger partial charge in [-0.25, -0.2) is 9.18 Å². The van der Waals surface area contributed by atoms with Gasteiger partial charge in [-0.15, -0.1) is 0 Å². The molecular weight excluding hydrogens is 335 g/mol. The van der Waals surface area contributed by atoms with Crippen LogP contribution in [0.25, 0.3) is 0 Å². The molecule has 0 spiro atoms. The van der Waals surface area contributed by atoms with Gasteiger partial charge in [-0.05, 0) is 58.6 Å². The third kappa shape index (κ3) is 4.56. The maximum Gasteiger partial charge on any atom is 0.319 e. The molecule has 110 valence electrons. The van der Waals surface area contributed by atoms with Crippen LogP contribution in [-0.4, -0.2) is 12.6 Å². The van der Waals surface area contributed by atoms with Crippen LogP contribution in [0.4, 0.5) is 14.9 Å². The molecule has 0 atom stereocenters. The maximum atomic E-state index is 13.4. The molecule has 0 heterocycles. The molecule has 2 rings (SSSR count). The second-order valence-electron chi connectivity index (χ2n) is 4.71. The first kappa shape index (κ1) is 15.5. The lowest BCUT2D eigenvalue weighted by Gasteiger charge is -2.10. The van der Waals surface area contributed by atoms with Crippen LogP contribution in [0.1, 0.15) is 11.1 Å². The standard InChI is InChI=1S/C16H16BrFN2O/c1-11-6-7-15(13(17)10-11)20-16(21)19-9-8-12-4-2-3-5-14(12)18/h2-7,10H,8-9H2,1H3,(H2,19,20,21). The molecule has 0 aliphatic carbocycles. The number of urea groups is 1. The van der Waals surface area contributed by atoms with Crippen LogP contribution >= 0.6 is 15.9 Å². The van der Waals surface area contributed by atoms with Crippen LogP contribution in [-0.2, 0) is 6.42 Å². The van der Waals surface area contributed by atoms with Gasteiger partial charge >= 0.3 is 6.03 Å². The zero-order chi connectivity index (χ0) is 15.2. The van der Waals surface area contributed by atoms with E-state index in [0.29, 0.717) is 24.2 Å². The average Bonchev–Trinajstić information content (AvgIpc) is 2.44. The Labute approximate surface area is 131 Å². The van der Waals surface area contributed by atoms with Crippen LogP contribution in [0.15, 0.2) is 46.9 Å². The fourth-order valence-electron chi connectivity index (χ4n) is 1.90. The van der Waals surface area contributed by atoms with E-state index >= 15 is 0 Å². The first-order valence-corrected chi connectivity index (χ1v) is 7.40. The van der Waals surface area contributed by atoms with Crippen molar-refractivity contribution in [2.45, 2.75) is 13.3 Å². The fraction of sp³-hybridized carbons (Fsp3) is 0.188. The number of carbonyl (C=O) groups excluding carboxylic acids is 1. The van der Waals surface area contributed by atoms with Crippen molar-refractivity contribution < 1.29 is 9.18 Å². The van der Waals surface area contributed by atoms with E-state index in [1.807, 2.05) is 25.1 Å². The van der Waals surface area contributed by atoms with E-state index in [1.165, 1.54) is 6.07 Å². The molecule has 0 aromatic heterocycles. The summed E-state index contributed by atoms with van der Waals surface area (Å²) in [6.07, 6.45) is 0.454. The Bertz CT molecular complexity index is 646. The van der Waals surface area contributed by atoms with Gasteiger partial charge < -0.3 is 10.6 Å². The molecule has 0 saturated carbocycles. The van der Waals surface area contributed by atoms with Crippen molar-refractivity contribution in [3.63, 3.8) is 0 Å². The summed E-state index contributed by atoms with van der Waals surface area (Å²) in [6, 6.07) is 11.9. The Morgan fingerprint density at radius 2 is 2.00 bits per heavy atom. The molecule has 0 aliphatic heterocycles. The number of carbonyl (C=O) groups is 1. The maximum absolute atomic E-state index is 13.4. The zero-order valence-corrected chi connectivity index (χ0v) is 13.2. The summed E-state index contributed by atoms with van der Waals surface area (Å²) < 4.78 is 14.2. The van der Waals surface area contributed by atoms with Crippen molar-refractivity contribution in [3.05, 3.63) is 63.9 Å². The van der Waals surface area contributed by atoms with E-state index in [4.69, 9.17) is 0 Å². The van der Waals surface area contributed by atoms with Crippen molar-refractivity contribution in [2.24, 2.45) is 0 Å². The van der Waals surface area contributed by atoms with E-state index in [0.717, 1.165) is 10.0 Å². The monoisotopic (exact) mass is 350 g/mol. The van der Waals surface area contributed by atoms with E-state index < -0.39 is 0 Å². The van der Waals surface area contributed by atoms with E-state index in [1.54, 1.807) is 18.2 Å². The Morgan fingerprint density at radius 1 is 1.24 bits per heavy atom. The normalized spacial score (nSPS) is 10.2. The minimum absolute atomic E-state index is 0.249. The minimum atomic E-state index is -0.309.